The van der Waals surface area contributed by atoms with Crippen molar-refractivity contribution in [2.45, 2.75) is 32.1 Å². The van der Waals surface area contributed by atoms with Crippen molar-refractivity contribution < 1.29 is 4.79 Å². The number of hydrogen-bond acceptors (Lipinski definition) is 2. The Balaban J connectivity index is 2.02. The summed E-state index contributed by atoms with van der Waals surface area (Å²) in [6, 6.07) is 8.38. The van der Waals surface area contributed by atoms with Crippen molar-refractivity contribution in [3.8, 4) is 0 Å². The summed E-state index contributed by atoms with van der Waals surface area (Å²) in [5, 5.41) is 0. The zero-order valence-corrected chi connectivity index (χ0v) is 12.4. The summed E-state index contributed by atoms with van der Waals surface area (Å²) in [4.78, 5) is 15.2. The van der Waals surface area contributed by atoms with E-state index in [2.05, 4.69) is 57.2 Å². The van der Waals surface area contributed by atoms with Gasteiger partial charge in [0.1, 0.15) is 0 Å². The molecule has 3 rings (SSSR count). The molecule has 2 aliphatic rings. The molecule has 1 aromatic carbocycles. The van der Waals surface area contributed by atoms with Gasteiger partial charge in [-0.2, -0.15) is 0 Å². The van der Waals surface area contributed by atoms with Gasteiger partial charge in [0.2, 0.25) is 0 Å². The molecule has 0 saturated heterocycles. The fraction of sp³-hybridized carbons (Fsp3) is 0.353. The molecule has 0 N–H and O–H groups in total. The van der Waals surface area contributed by atoms with Gasteiger partial charge in [-0.05, 0) is 24.5 Å². The van der Waals surface area contributed by atoms with E-state index in [1.165, 1.54) is 10.5 Å². The van der Waals surface area contributed by atoms with Crippen LogP contribution in [0.1, 0.15) is 26.3 Å². The van der Waals surface area contributed by atoms with Crippen molar-refractivity contribution >= 4 is 17.5 Å². The average Bonchev–Trinajstić information content (AvgIpc) is 2.41. The van der Waals surface area contributed by atoms with Crippen molar-refractivity contribution in [2.24, 2.45) is 11.3 Å². The molecule has 0 radical (unpaired) electrons. The van der Waals surface area contributed by atoms with Crippen LogP contribution in [0.5, 0.6) is 0 Å². The summed E-state index contributed by atoms with van der Waals surface area (Å²) in [6.07, 6.45) is 5.03. The molecule has 0 fully saturated rings. The molecule has 0 bridgehead atoms. The zero-order valence-electron chi connectivity index (χ0n) is 11.6. The molecule has 1 aromatic rings. The smallest absolute Gasteiger partial charge is 0.170 e. The number of Topliss-reactive ketones (excluding diaryl/α,β-unsaturated/α-hetero) is 1. The van der Waals surface area contributed by atoms with Crippen LogP contribution in [0.3, 0.4) is 0 Å². The Bertz CT molecular complexity index is 609. The Morgan fingerprint density at radius 3 is 2.74 bits per heavy atom. The lowest BCUT2D eigenvalue weighted by Crippen LogP contribution is -2.35. The number of fused-ring (bicyclic) bond motifs is 1. The fourth-order valence-electron chi connectivity index (χ4n) is 2.64. The minimum absolute atomic E-state index is 0.307. The van der Waals surface area contributed by atoms with Gasteiger partial charge in [0.05, 0.1) is 5.41 Å². The maximum Gasteiger partial charge on any atom is 0.170 e. The maximum atomic E-state index is 12.8. The molecule has 0 saturated carbocycles. The Labute approximate surface area is 118 Å². The van der Waals surface area contributed by atoms with Crippen LogP contribution < -0.4 is 0 Å². The maximum absolute atomic E-state index is 12.8. The first kappa shape index (κ1) is 12.7. The van der Waals surface area contributed by atoms with E-state index in [-0.39, 0.29) is 5.41 Å². The van der Waals surface area contributed by atoms with E-state index in [9.17, 15) is 4.79 Å². The summed E-state index contributed by atoms with van der Waals surface area (Å²) in [6.45, 7) is 6.31. The van der Waals surface area contributed by atoms with E-state index >= 15 is 0 Å². The van der Waals surface area contributed by atoms with Crippen LogP contribution in [0.25, 0.3) is 0 Å². The molecule has 0 spiro atoms. The molecule has 0 aromatic heterocycles. The minimum Gasteiger partial charge on any atom is -0.294 e. The number of carbonyl (C=O) groups excluding carboxylic acids is 1. The highest BCUT2D eigenvalue weighted by Gasteiger charge is 2.40. The Morgan fingerprint density at radius 2 is 2.00 bits per heavy atom. The molecule has 19 heavy (non-hydrogen) atoms. The van der Waals surface area contributed by atoms with Gasteiger partial charge in [-0.15, -0.1) is 0 Å². The van der Waals surface area contributed by atoms with Gasteiger partial charge in [0.15, 0.2) is 5.78 Å². The first-order valence-corrected chi connectivity index (χ1v) is 7.57. The third-order valence-electron chi connectivity index (χ3n) is 4.40. The second-order valence-corrected chi connectivity index (χ2v) is 6.91. The number of carbonyl (C=O) groups is 1. The van der Waals surface area contributed by atoms with Gasteiger partial charge in [-0.25, -0.2) is 0 Å². The van der Waals surface area contributed by atoms with Gasteiger partial charge in [-0.3, -0.25) is 4.79 Å². The molecular weight excluding hydrogens is 252 g/mol. The van der Waals surface area contributed by atoms with Crippen LogP contribution in [0.4, 0.5) is 0 Å². The van der Waals surface area contributed by atoms with Gasteiger partial charge in [0, 0.05) is 21.8 Å². The molecule has 1 unspecified atom stereocenters. The van der Waals surface area contributed by atoms with Gasteiger partial charge in [-0.1, -0.05) is 56.0 Å². The highest BCUT2D eigenvalue weighted by Crippen LogP contribution is 2.46. The van der Waals surface area contributed by atoms with Gasteiger partial charge < -0.3 is 0 Å². The van der Waals surface area contributed by atoms with E-state index in [1.807, 2.05) is 0 Å². The summed E-state index contributed by atoms with van der Waals surface area (Å²) in [7, 11) is 0. The molecule has 2 heteroatoms. The normalized spacial score (nSPS) is 25.6. The molecule has 98 valence electrons. The van der Waals surface area contributed by atoms with Gasteiger partial charge in [0.25, 0.3) is 0 Å². The number of thioether (sulfide) groups is 1. The Morgan fingerprint density at radius 1 is 1.26 bits per heavy atom. The Hall–Kier alpha value is -1.28. The van der Waals surface area contributed by atoms with Crippen LogP contribution in [-0.2, 0) is 11.2 Å². The highest BCUT2D eigenvalue weighted by atomic mass is 32.2. The number of ketones is 1. The SMILES string of the molecule is CC(C)C1(C)C=CC2=C(Cc3ccccc3S2)C1=O. The second kappa shape index (κ2) is 4.38. The summed E-state index contributed by atoms with van der Waals surface area (Å²) >= 11 is 1.73. The fourth-order valence-corrected chi connectivity index (χ4v) is 3.72. The van der Waals surface area contributed by atoms with Crippen molar-refractivity contribution in [3.05, 3.63) is 52.5 Å². The molecular formula is C17H18OS. The molecule has 0 amide bonds. The predicted molar refractivity (Wildman–Crippen MR) is 80.1 cm³/mol. The van der Waals surface area contributed by atoms with E-state index in [0.717, 1.165) is 16.9 Å². The number of allylic oxidation sites excluding steroid dienone is 3. The van der Waals surface area contributed by atoms with Crippen LogP contribution in [0.15, 0.2) is 51.8 Å². The van der Waals surface area contributed by atoms with Crippen LogP contribution in [0, 0.1) is 11.3 Å². The number of benzene rings is 1. The van der Waals surface area contributed by atoms with E-state index < -0.39 is 0 Å². The largest absolute Gasteiger partial charge is 0.294 e. The van der Waals surface area contributed by atoms with Crippen LogP contribution in [-0.4, -0.2) is 5.78 Å². The lowest BCUT2D eigenvalue weighted by Gasteiger charge is -2.35. The van der Waals surface area contributed by atoms with E-state index in [0.29, 0.717) is 11.7 Å². The summed E-state index contributed by atoms with van der Waals surface area (Å²) in [5.74, 6) is 0.634. The molecule has 1 atom stereocenters. The van der Waals surface area contributed by atoms with Gasteiger partial charge >= 0.3 is 0 Å². The molecule has 1 aliphatic heterocycles. The Kier molecular flexibility index (Phi) is 2.94. The van der Waals surface area contributed by atoms with Crippen molar-refractivity contribution in [1.82, 2.24) is 0 Å². The number of hydrogen-bond donors (Lipinski definition) is 0. The summed E-state index contributed by atoms with van der Waals surface area (Å²) in [5.41, 5.74) is 1.94. The molecule has 1 nitrogen and oxygen atoms in total. The van der Waals surface area contributed by atoms with Crippen molar-refractivity contribution in [3.63, 3.8) is 0 Å². The zero-order chi connectivity index (χ0) is 13.6. The third kappa shape index (κ3) is 1.90. The standard InChI is InChI=1S/C17H18OS/c1-11(2)17(3)9-8-15-13(16(17)18)10-12-6-4-5-7-14(12)19-15/h4-9,11H,10H2,1-3H3. The van der Waals surface area contributed by atoms with E-state index in [4.69, 9.17) is 0 Å². The van der Waals surface area contributed by atoms with Crippen molar-refractivity contribution in [2.75, 3.05) is 0 Å². The highest BCUT2D eigenvalue weighted by molar-refractivity contribution is 8.03. The topological polar surface area (TPSA) is 17.1 Å². The van der Waals surface area contributed by atoms with E-state index in [1.54, 1.807) is 11.8 Å². The summed E-state index contributed by atoms with van der Waals surface area (Å²) < 4.78 is 0. The minimum atomic E-state index is -0.342. The monoisotopic (exact) mass is 270 g/mol. The predicted octanol–water partition coefficient (Wildman–Crippen LogP) is 4.39. The van der Waals surface area contributed by atoms with Crippen LogP contribution >= 0.6 is 11.8 Å². The second-order valence-electron chi connectivity index (χ2n) is 5.83. The first-order valence-electron chi connectivity index (χ1n) is 6.75. The lowest BCUT2D eigenvalue weighted by molar-refractivity contribution is -0.123. The quantitative estimate of drug-likeness (QED) is 0.753. The average molecular weight is 270 g/mol. The lowest BCUT2D eigenvalue weighted by atomic mass is 9.70. The molecule has 1 aliphatic carbocycles. The van der Waals surface area contributed by atoms with Crippen molar-refractivity contribution in [1.29, 1.82) is 0 Å². The third-order valence-corrected chi connectivity index (χ3v) is 5.62. The number of rotatable bonds is 1. The molecule has 1 heterocycles. The first-order chi connectivity index (χ1) is 9.02. The van der Waals surface area contributed by atoms with Crippen LogP contribution in [0.2, 0.25) is 0 Å².